The number of thiazole rings is 1. The quantitative estimate of drug-likeness (QED) is 0.826. The number of aromatic nitrogens is 1. The third-order valence-electron chi connectivity index (χ3n) is 2.43. The molecule has 96 valence electrons. The highest BCUT2D eigenvalue weighted by atomic mass is 79.9. The maximum atomic E-state index is 9.59. The maximum absolute atomic E-state index is 9.59. The first-order chi connectivity index (χ1) is 8.56. The van der Waals surface area contributed by atoms with Crippen LogP contribution in [-0.2, 0) is 5.75 Å². The van der Waals surface area contributed by atoms with E-state index in [1.807, 2.05) is 19.1 Å². The Morgan fingerprint density at radius 2 is 2.06 bits per heavy atom. The van der Waals surface area contributed by atoms with Crippen molar-refractivity contribution in [3.8, 4) is 0 Å². The van der Waals surface area contributed by atoms with Gasteiger partial charge in [-0.3, -0.25) is 0 Å². The molecular formula is C13H14BrNOS2. The molecule has 0 amide bonds. The highest BCUT2D eigenvalue weighted by Gasteiger charge is 2.11. The van der Waals surface area contributed by atoms with Gasteiger partial charge in [-0.05, 0) is 38.1 Å². The number of aliphatic hydroxyl groups is 1. The highest BCUT2D eigenvalue weighted by molar-refractivity contribution is 9.10. The number of halogens is 1. The number of hydrogen-bond donors (Lipinski definition) is 1. The minimum absolute atomic E-state index is 0.422. The van der Waals surface area contributed by atoms with E-state index in [2.05, 4.69) is 33.0 Å². The molecule has 1 N–H and O–H groups in total. The van der Waals surface area contributed by atoms with Crippen molar-refractivity contribution < 1.29 is 5.11 Å². The zero-order chi connectivity index (χ0) is 13.1. The Morgan fingerprint density at radius 3 is 2.61 bits per heavy atom. The summed E-state index contributed by atoms with van der Waals surface area (Å²) in [4.78, 5) is 6.69. The van der Waals surface area contributed by atoms with E-state index in [-0.39, 0.29) is 0 Å². The molecule has 5 heteroatoms. The molecule has 2 aromatic rings. The molecule has 0 aliphatic rings. The zero-order valence-corrected chi connectivity index (χ0v) is 13.4. The number of aliphatic hydroxyl groups excluding tert-OH is 1. The van der Waals surface area contributed by atoms with Crippen LogP contribution in [-0.4, -0.2) is 10.1 Å². The minimum Gasteiger partial charge on any atom is -0.388 e. The normalized spacial score (nSPS) is 12.7. The molecule has 1 aromatic heterocycles. The molecule has 0 aliphatic heterocycles. The lowest BCUT2D eigenvalue weighted by atomic mass is 10.3. The molecule has 0 spiro atoms. The van der Waals surface area contributed by atoms with Gasteiger partial charge in [0.25, 0.3) is 0 Å². The van der Waals surface area contributed by atoms with Crippen molar-refractivity contribution in [3.05, 3.63) is 44.3 Å². The number of hydrogen-bond acceptors (Lipinski definition) is 4. The lowest BCUT2D eigenvalue weighted by Gasteiger charge is -1.99. The Balaban J connectivity index is 2.02. The summed E-state index contributed by atoms with van der Waals surface area (Å²) in [6.45, 7) is 3.73. The number of benzene rings is 1. The summed E-state index contributed by atoms with van der Waals surface area (Å²) in [5.74, 6) is 0.847. The van der Waals surface area contributed by atoms with E-state index in [4.69, 9.17) is 0 Å². The van der Waals surface area contributed by atoms with Crippen molar-refractivity contribution in [1.82, 2.24) is 4.98 Å². The van der Waals surface area contributed by atoms with Crippen LogP contribution in [0.25, 0.3) is 0 Å². The molecule has 18 heavy (non-hydrogen) atoms. The smallest absolute Gasteiger partial charge is 0.103 e. The Labute approximate surface area is 124 Å². The van der Waals surface area contributed by atoms with Crippen molar-refractivity contribution in [2.24, 2.45) is 0 Å². The van der Waals surface area contributed by atoms with E-state index in [1.165, 1.54) is 4.90 Å². The molecule has 0 aliphatic carbocycles. The van der Waals surface area contributed by atoms with Gasteiger partial charge in [-0.25, -0.2) is 4.98 Å². The molecule has 0 bridgehead atoms. The van der Waals surface area contributed by atoms with Crippen LogP contribution in [0.5, 0.6) is 0 Å². The molecule has 0 saturated carbocycles. The van der Waals surface area contributed by atoms with Crippen LogP contribution in [0.2, 0.25) is 0 Å². The summed E-state index contributed by atoms with van der Waals surface area (Å²) in [6, 6.07) is 8.25. The predicted octanol–water partition coefficient (Wildman–Crippen LogP) is 4.56. The van der Waals surface area contributed by atoms with Gasteiger partial charge in [-0.1, -0.05) is 15.9 Å². The van der Waals surface area contributed by atoms with E-state index in [0.717, 1.165) is 25.8 Å². The van der Waals surface area contributed by atoms with Crippen molar-refractivity contribution in [1.29, 1.82) is 0 Å². The molecule has 1 heterocycles. The second-order valence-corrected chi connectivity index (χ2v) is 7.06. The first-order valence-electron chi connectivity index (χ1n) is 5.59. The number of thioether (sulfide) groups is 1. The van der Waals surface area contributed by atoms with E-state index in [0.29, 0.717) is 0 Å². The average Bonchev–Trinajstić information content (AvgIpc) is 2.70. The van der Waals surface area contributed by atoms with Gasteiger partial charge in [-0.2, -0.15) is 0 Å². The van der Waals surface area contributed by atoms with Gasteiger partial charge in [0.1, 0.15) is 5.01 Å². The van der Waals surface area contributed by atoms with Crippen LogP contribution in [0.1, 0.15) is 28.6 Å². The maximum Gasteiger partial charge on any atom is 0.103 e. The summed E-state index contributed by atoms with van der Waals surface area (Å²) in [5.41, 5.74) is 0.946. The van der Waals surface area contributed by atoms with Crippen molar-refractivity contribution >= 4 is 39.0 Å². The second-order valence-electron chi connectivity index (χ2n) is 3.98. The number of aryl methyl sites for hydroxylation is 1. The van der Waals surface area contributed by atoms with Gasteiger partial charge in [0, 0.05) is 9.37 Å². The van der Waals surface area contributed by atoms with Gasteiger partial charge < -0.3 is 5.11 Å². The largest absolute Gasteiger partial charge is 0.388 e. The van der Waals surface area contributed by atoms with Crippen LogP contribution < -0.4 is 0 Å². The van der Waals surface area contributed by atoms with Crippen LogP contribution >= 0.6 is 39.0 Å². The standard InChI is InChI=1S/C13H14BrNOS2/c1-8-13(9(2)16)18-12(15-8)7-17-11-5-3-10(14)4-6-11/h3-6,9,16H,7H2,1-2H3. The van der Waals surface area contributed by atoms with Crippen molar-refractivity contribution in [2.45, 2.75) is 30.6 Å². The summed E-state index contributed by atoms with van der Waals surface area (Å²) >= 11 is 6.78. The predicted molar refractivity (Wildman–Crippen MR) is 81.2 cm³/mol. The SMILES string of the molecule is Cc1nc(CSc2ccc(Br)cc2)sc1C(C)O. The molecule has 0 fully saturated rings. The third-order valence-corrected chi connectivity index (χ3v) is 5.49. The zero-order valence-electron chi connectivity index (χ0n) is 10.2. The lowest BCUT2D eigenvalue weighted by molar-refractivity contribution is 0.202. The Hall–Kier alpha value is -0.360. The van der Waals surface area contributed by atoms with Gasteiger partial charge in [-0.15, -0.1) is 23.1 Å². The fourth-order valence-corrected chi connectivity index (χ4v) is 3.75. The topological polar surface area (TPSA) is 33.1 Å². The minimum atomic E-state index is -0.422. The molecule has 2 nitrogen and oxygen atoms in total. The fraction of sp³-hybridized carbons (Fsp3) is 0.308. The third kappa shape index (κ3) is 3.57. The number of nitrogens with zero attached hydrogens (tertiary/aromatic N) is 1. The van der Waals surface area contributed by atoms with Crippen LogP contribution in [0.4, 0.5) is 0 Å². The van der Waals surface area contributed by atoms with E-state index in [9.17, 15) is 5.11 Å². The molecular weight excluding hydrogens is 330 g/mol. The summed E-state index contributed by atoms with van der Waals surface area (Å²) in [6.07, 6.45) is -0.422. The Bertz CT molecular complexity index is 522. The van der Waals surface area contributed by atoms with E-state index < -0.39 is 6.10 Å². The van der Waals surface area contributed by atoms with Gasteiger partial charge in [0.2, 0.25) is 0 Å². The van der Waals surface area contributed by atoms with Gasteiger partial charge in [0.05, 0.1) is 22.4 Å². The Kier molecular flexibility index (Phi) is 4.84. The first kappa shape index (κ1) is 14.1. The Morgan fingerprint density at radius 1 is 1.39 bits per heavy atom. The average molecular weight is 344 g/mol. The van der Waals surface area contributed by atoms with Crippen LogP contribution in [0.3, 0.4) is 0 Å². The number of rotatable bonds is 4. The summed E-state index contributed by atoms with van der Waals surface area (Å²) in [5, 5.41) is 10.7. The molecule has 0 saturated heterocycles. The second kappa shape index (κ2) is 6.19. The lowest BCUT2D eigenvalue weighted by Crippen LogP contribution is -1.88. The summed E-state index contributed by atoms with van der Waals surface area (Å²) in [7, 11) is 0. The van der Waals surface area contributed by atoms with Gasteiger partial charge in [0.15, 0.2) is 0 Å². The van der Waals surface area contributed by atoms with E-state index in [1.54, 1.807) is 30.0 Å². The molecule has 0 radical (unpaired) electrons. The van der Waals surface area contributed by atoms with Crippen molar-refractivity contribution in [2.75, 3.05) is 0 Å². The van der Waals surface area contributed by atoms with Crippen LogP contribution in [0, 0.1) is 6.92 Å². The first-order valence-corrected chi connectivity index (χ1v) is 8.18. The molecule has 1 unspecified atom stereocenters. The molecule has 2 rings (SSSR count). The van der Waals surface area contributed by atoms with E-state index >= 15 is 0 Å². The van der Waals surface area contributed by atoms with Crippen LogP contribution in [0.15, 0.2) is 33.6 Å². The fourth-order valence-electron chi connectivity index (χ4n) is 1.59. The highest BCUT2D eigenvalue weighted by Crippen LogP contribution is 2.30. The summed E-state index contributed by atoms with van der Waals surface area (Å²) < 4.78 is 1.09. The molecule has 1 aromatic carbocycles. The van der Waals surface area contributed by atoms with Gasteiger partial charge >= 0.3 is 0 Å². The monoisotopic (exact) mass is 343 g/mol. The molecule has 1 atom stereocenters. The van der Waals surface area contributed by atoms with Crippen molar-refractivity contribution in [3.63, 3.8) is 0 Å².